The van der Waals surface area contributed by atoms with Gasteiger partial charge in [0.25, 0.3) is 0 Å². The molecule has 0 radical (unpaired) electrons. The molecule has 0 unspecified atom stereocenters. The van der Waals surface area contributed by atoms with Gasteiger partial charge in [-0.3, -0.25) is 4.68 Å². The van der Waals surface area contributed by atoms with E-state index in [1.807, 2.05) is 4.68 Å². The maximum absolute atomic E-state index is 5.74. The fourth-order valence-electron chi connectivity index (χ4n) is 2.98. The number of hydrogen-bond acceptors (Lipinski definition) is 3. The van der Waals surface area contributed by atoms with Crippen molar-refractivity contribution < 1.29 is 0 Å². The zero-order valence-electron chi connectivity index (χ0n) is 11.8. The summed E-state index contributed by atoms with van der Waals surface area (Å²) in [7, 11) is 2.06. The molecule has 0 amide bonds. The van der Waals surface area contributed by atoms with Gasteiger partial charge in [-0.15, -0.1) is 0 Å². The molecule has 0 bridgehead atoms. The van der Waals surface area contributed by atoms with E-state index >= 15 is 0 Å². The van der Waals surface area contributed by atoms with E-state index in [-0.39, 0.29) is 0 Å². The van der Waals surface area contributed by atoms with Gasteiger partial charge in [-0.05, 0) is 32.7 Å². The SMILES string of the molecule is Cc1nn(C)c(N2CCCCCCC2)c1CCN. The molecule has 1 aliphatic rings. The van der Waals surface area contributed by atoms with Gasteiger partial charge in [-0.25, -0.2) is 0 Å². The molecule has 2 heterocycles. The van der Waals surface area contributed by atoms with Crippen LogP contribution in [0.5, 0.6) is 0 Å². The Morgan fingerprint density at radius 1 is 1.11 bits per heavy atom. The Morgan fingerprint density at radius 3 is 2.33 bits per heavy atom. The number of rotatable bonds is 3. The first-order chi connectivity index (χ1) is 8.74. The average Bonchev–Trinajstić information content (AvgIpc) is 2.55. The van der Waals surface area contributed by atoms with Gasteiger partial charge in [0.2, 0.25) is 0 Å². The van der Waals surface area contributed by atoms with Crippen LogP contribution in [0, 0.1) is 6.92 Å². The second kappa shape index (κ2) is 6.23. The summed E-state index contributed by atoms with van der Waals surface area (Å²) in [4.78, 5) is 2.52. The van der Waals surface area contributed by atoms with Crippen molar-refractivity contribution >= 4 is 5.82 Å². The largest absolute Gasteiger partial charge is 0.357 e. The third-order valence-corrected chi connectivity index (χ3v) is 3.86. The third kappa shape index (κ3) is 2.86. The normalized spacial score (nSPS) is 17.6. The minimum absolute atomic E-state index is 0.702. The van der Waals surface area contributed by atoms with Crippen LogP contribution in [-0.2, 0) is 13.5 Å². The zero-order valence-corrected chi connectivity index (χ0v) is 11.8. The molecule has 102 valence electrons. The topological polar surface area (TPSA) is 47.1 Å². The Labute approximate surface area is 110 Å². The minimum Gasteiger partial charge on any atom is -0.357 e. The molecule has 0 aromatic carbocycles. The lowest BCUT2D eigenvalue weighted by Crippen LogP contribution is -2.30. The number of hydrogen-bond donors (Lipinski definition) is 1. The van der Waals surface area contributed by atoms with Crippen molar-refractivity contribution in [3.05, 3.63) is 11.3 Å². The molecule has 0 saturated carbocycles. The molecular weight excluding hydrogens is 224 g/mol. The van der Waals surface area contributed by atoms with Crippen molar-refractivity contribution in [1.82, 2.24) is 9.78 Å². The number of aryl methyl sites for hydroxylation is 2. The van der Waals surface area contributed by atoms with Gasteiger partial charge in [-0.1, -0.05) is 19.3 Å². The zero-order chi connectivity index (χ0) is 13.0. The Balaban J connectivity index is 2.23. The standard InChI is InChI=1S/C14H26N4/c1-12-13(8-9-15)14(17(2)16-12)18-10-6-4-3-5-7-11-18/h3-11,15H2,1-2H3. The van der Waals surface area contributed by atoms with Crippen molar-refractivity contribution in [2.45, 2.75) is 45.4 Å². The highest BCUT2D eigenvalue weighted by Crippen LogP contribution is 2.25. The number of aromatic nitrogens is 2. The van der Waals surface area contributed by atoms with Crippen molar-refractivity contribution in [3.63, 3.8) is 0 Å². The van der Waals surface area contributed by atoms with Crippen LogP contribution >= 0.6 is 0 Å². The van der Waals surface area contributed by atoms with E-state index in [9.17, 15) is 0 Å². The summed E-state index contributed by atoms with van der Waals surface area (Å²) >= 11 is 0. The van der Waals surface area contributed by atoms with Crippen molar-refractivity contribution in [2.24, 2.45) is 12.8 Å². The smallest absolute Gasteiger partial charge is 0.130 e. The fourth-order valence-corrected chi connectivity index (χ4v) is 2.98. The first kappa shape index (κ1) is 13.4. The van der Waals surface area contributed by atoms with E-state index < -0.39 is 0 Å². The van der Waals surface area contributed by atoms with Gasteiger partial charge >= 0.3 is 0 Å². The molecule has 1 aliphatic heterocycles. The lowest BCUT2D eigenvalue weighted by atomic mass is 10.1. The van der Waals surface area contributed by atoms with E-state index in [4.69, 9.17) is 5.73 Å². The minimum atomic E-state index is 0.702. The monoisotopic (exact) mass is 250 g/mol. The van der Waals surface area contributed by atoms with Gasteiger partial charge < -0.3 is 10.6 Å². The van der Waals surface area contributed by atoms with Crippen LogP contribution in [0.3, 0.4) is 0 Å². The van der Waals surface area contributed by atoms with E-state index in [0.717, 1.165) is 25.2 Å². The van der Waals surface area contributed by atoms with E-state index in [2.05, 4.69) is 24.0 Å². The Bertz CT molecular complexity index is 375. The Kier molecular flexibility index (Phi) is 4.64. The molecule has 1 aromatic heterocycles. The molecule has 18 heavy (non-hydrogen) atoms. The van der Waals surface area contributed by atoms with Gasteiger partial charge in [0.05, 0.1) is 5.69 Å². The molecule has 2 N–H and O–H groups in total. The van der Waals surface area contributed by atoms with Gasteiger partial charge in [0.15, 0.2) is 0 Å². The van der Waals surface area contributed by atoms with Crippen molar-refractivity contribution in [1.29, 1.82) is 0 Å². The summed E-state index contributed by atoms with van der Waals surface area (Å²) in [6.45, 7) is 5.12. The summed E-state index contributed by atoms with van der Waals surface area (Å²) in [5.74, 6) is 1.31. The van der Waals surface area contributed by atoms with Crippen LogP contribution in [0.1, 0.15) is 43.4 Å². The fraction of sp³-hybridized carbons (Fsp3) is 0.786. The highest BCUT2D eigenvalue weighted by Gasteiger charge is 2.19. The third-order valence-electron chi connectivity index (χ3n) is 3.86. The van der Waals surface area contributed by atoms with Crippen LogP contribution in [0.25, 0.3) is 0 Å². The number of anilines is 1. The molecular formula is C14H26N4. The summed E-state index contributed by atoms with van der Waals surface area (Å²) in [5, 5.41) is 4.58. The molecule has 4 heteroatoms. The molecule has 1 aromatic rings. The summed E-state index contributed by atoms with van der Waals surface area (Å²) in [6.07, 6.45) is 7.65. The lowest BCUT2D eigenvalue weighted by molar-refractivity contribution is 0.545. The highest BCUT2D eigenvalue weighted by molar-refractivity contribution is 5.50. The van der Waals surface area contributed by atoms with Crippen LogP contribution in [0.4, 0.5) is 5.82 Å². The van der Waals surface area contributed by atoms with Crippen molar-refractivity contribution in [2.75, 3.05) is 24.5 Å². The Morgan fingerprint density at radius 2 is 1.72 bits per heavy atom. The molecule has 1 fully saturated rings. The molecule has 0 spiro atoms. The van der Waals surface area contributed by atoms with Crippen molar-refractivity contribution in [3.8, 4) is 0 Å². The van der Waals surface area contributed by atoms with E-state index in [1.54, 1.807) is 0 Å². The highest BCUT2D eigenvalue weighted by atomic mass is 15.4. The van der Waals surface area contributed by atoms with Crippen LogP contribution < -0.4 is 10.6 Å². The Hall–Kier alpha value is -1.03. The summed E-state index contributed by atoms with van der Waals surface area (Å²) in [6, 6.07) is 0. The maximum Gasteiger partial charge on any atom is 0.130 e. The predicted octanol–water partition coefficient (Wildman–Crippen LogP) is 2.00. The number of nitrogens with zero attached hydrogens (tertiary/aromatic N) is 3. The van der Waals surface area contributed by atoms with Crippen LogP contribution in [0.15, 0.2) is 0 Å². The average molecular weight is 250 g/mol. The van der Waals surface area contributed by atoms with Crippen LogP contribution in [0.2, 0.25) is 0 Å². The molecule has 4 nitrogen and oxygen atoms in total. The van der Waals surface area contributed by atoms with E-state index in [1.165, 1.54) is 43.5 Å². The molecule has 1 saturated heterocycles. The lowest BCUT2D eigenvalue weighted by Gasteiger charge is -2.27. The van der Waals surface area contributed by atoms with Gasteiger partial charge in [-0.2, -0.15) is 5.10 Å². The predicted molar refractivity (Wildman–Crippen MR) is 76.0 cm³/mol. The number of nitrogens with two attached hydrogens (primary N) is 1. The quantitative estimate of drug-likeness (QED) is 0.892. The summed E-state index contributed by atoms with van der Waals surface area (Å²) < 4.78 is 2.04. The molecule has 0 atom stereocenters. The maximum atomic E-state index is 5.74. The molecule has 2 rings (SSSR count). The second-order valence-corrected chi connectivity index (χ2v) is 5.30. The van der Waals surface area contributed by atoms with Gasteiger partial charge in [0.1, 0.15) is 5.82 Å². The summed E-state index contributed by atoms with van der Waals surface area (Å²) in [5.41, 5.74) is 8.22. The molecule has 0 aliphatic carbocycles. The first-order valence-corrected chi connectivity index (χ1v) is 7.21. The first-order valence-electron chi connectivity index (χ1n) is 7.21. The van der Waals surface area contributed by atoms with Gasteiger partial charge in [0, 0.05) is 25.7 Å². The van der Waals surface area contributed by atoms with E-state index in [0.29, 0.717) is 6.54 Å². The second-order valence-electron chi connectivity index (χ2n) is 5.30. The van der Waals surface area contributed by atoms with Crippen LogP contribution in [-0.4, -0.2) is 29.4 Å².